The maximum absolute atomic E-state index is 5.14. The van der Waals surface area contributed by atoms with Gasteiger partial charge in [-0.25, -0.2) is 0 Å². The van der Waals surface area contributed by atoms with Crippen LogP contribution < -0.4 is 0 Å². The van der Waals surface area contributed by atoms with Crippen LogP contribution in [0.3, 0.4) is 0 Å². The molecule has 0 atom stereocenters. The van der Waals surface area contributed by atoms with Gasteiger partial charge in [0.2, 0.25) is 0 Å². The van der Waals surface area contributed by atoms with Gasteiger partial charge in [0, 0.05) is 32.0 Å². The van der Waals surface area contributed by atoms with E-state index in [9.17, 15) is 0 Å². The van der Waals surface area contributed by atoms with Crippen LogP contribution in [0.1, 0.15) is 5.69 Å². The Bertz CT molecular complexity index is 276. The summed E-state index contributed by atoms with van der Waals surface area (Å²) in [6.07, 6.45) is 1.65. The van der Waals surface area contributed by atoms with Crippen molar-refractivity contribution in [2.45, 2.75) is 5.97 Å². The lowest BCUT2D eigenvalue weighted by molar-refractivity contribution is -0.366. The average Bonchev–Trinajstić information content (AvgIpc) is 2.24. The van der Waals surface area contributed by atoms with Crippen molar-refractivity contribution in [1.82, 2.24) is 4.98 Å². The molecule has 0 aromatic carbocycles. The van der Waals surface area contributed by atoms with E-state index in [0.29, 0.717) is 5.69 Å². The summed E-state index contributed by atoms with van der Waals surface area (Å²) in [6.45, 7) is 0. The van der Waals surface area contributed by atoms with E-state index in [2.05, 4.69) is 20.9 Å². The number of halogens is 1. The zero-order valence-electron chi connectivity index (χ0n) is 8.28. The summed E-state index contributed by atoms with van der Waals surface area (Å²) in [5, 5.41) is 0. The zero-order chi connectivity index (χ0) is 10.6. The molecule has 0 aliphatic carbocycles. The molecule has 0 amide bonds. The Balaban J connectivity index is 3.05. The van der Waals surface area contributed by atoms with E-state index in [4.69, 9.17) is 14.2 Å². The van der Waals surface area contributed by atoms with Crippen LogP contribution in [0, 0.1) is 0 Å². The molecule has 0 aliphatic rings. The summed E-state index contributed by atoms with van der Waals surface area (Å²) in [7, 11) is 4.49. The number of nitrogens with zero attached hydrogens (tertiary/aromatic N) is 1. The molecule has 78 valence electrons. The first-order valence-electron chi connectivity index (χ1n) is 3.96. The van der Waals surface area contributed by atoms with Crippen LogP contribution in [-0.2, 0) is 20.2 Å². The number of rotatable bonds is 4. The van der Waals surface area contributed by atoms with Crippen molar-refractivity contribution in [2.75, 3.05) is 21.3 Å². The van der Waals surface area contributed by atoms with Gasteiger partial charge in [0.25, 0.3) is 0 Å². The number of pyridine rings is 1. The first-order valence-corrected chi connectivity index (χ1v) is 4.75. The maximum atomic E-state index is 5.14. The molecular formula is C9H12BrNO3. The Labute approximate surface area is 91.3 Å². The van der Waals surface area contributed by atoms with Crippen LogP contribution in [0.4, 0.5) is 0 Å². The van der Waals surface area contributed by atoms with Crippen molar-refractivity contribution in [3.63, 3.8) is 0 Å². The molecule has 0 saturated carbocycles. The number of hydrogen-bond acceptors (Lipinski definition) is 4. The molecule has 5 heteroatoms. The Hall–Kier alpha value is -0.490. The number of hydrogen-bond donors (Lipinski definition) is 0. The zero-order valence-corrected chi connectivity index (χ0v) is 9.87. The van der Waals surface area contributed by atoms with E-state index in [1.165, 1.54) is 21.3 Å². The second kappa shape index (κ2) is 4.84. The highest BCUT2D eigenvalue weighted by atomic mass is 79.9. The molecule has 1 heterocycles. The van der Waals surface area contributed by atoms with E-state index in [1.807, 2.05) is 6.07 Å². The molecule has 0 radical (unpaired) electrons. The Morgan fingerprint density at radius 2 is 1.71 bits per heavy atom. The first-order chi connectivity index (χ1) is 6.68. The molecule has 0 bridgehead atoms. The minimum absolute atomic E-state index is 0.563. The Morgan fingerprint density at radius 1 is 1.14 bits per heavy atom. The Morgan fingerprint density at radius 3 is 2.07 bits per heavy atom. The van der Waals surface area contributed by atoms with Gasteiger partial charge >= 0.3 is 5.97 Å². The quantitative estimate of drug-likeness (QED) is 0.777. The molecule has 1 rings (SSSR count). The van der Waals surface area contributed by atoms with Gasteiger partial charge in [-0.3, -0.25) is 4.98 Å². The highest BCUT2D eigenvalue weighted by Crippen LogP contribution is 2.25. The van der Waals surface area contributed by atoms with Crippen LogP contribution in [0.15, 0.2) is 22.8 Å². The second-order valence-electron chi connectivity index (χ2n) is 2.53. The summed E-state index contributed by atoms with van der Waals surface area (Å²) < 4.78 is 16.3. The molecule has 4 nitrogen and oxygen atoms in total. The third kappa shape index (κ3) is 2.12. The fourth-order valence-electron chi connectivity index (χ4n) is 1.12. The van der Waals surface area contributed by atoms with Crippen molar-refractivity contribution in [3.8, 4) is 0 Å². The second-order valence-corrected chi connectivity index (χ2v) is 3.45. The normalized spacial score (nSPS) is 11.7. The largest absolute Gasteiger partial charge is 0.329 e. The van der Waals surface area contributed by atoms with E-state index in [0.717, 1.165) is 4.47 Å². The number of methoxy groups -OCH3 is 3. The number of aromatic nitrogens is 1. The van der Waals surface area contributed by atoms with Crippen molar-refractivity contribution >= 4 is 15.9 Å². The van der Waals surface area contributed by atoms with Crippen LogP contribution >= 0.6 is 15.9 Å². The smallest absolute Gasteiger partial charge is 0.326 e. The minimum atomic E-state index is -1.22. The fourth-order valence-corrected chi connectivity index (χ4v) is 1.36. The summed E-state index contributed by atoms with van der Waals surface area (Å²) >= 11 is 3.29. The van der Waals surface area contributed by atoms with E-state index in [-0.39, 0.29) is 0 Å². The van der Waals surface area contributed by atoms with Crippen molar-refractivity contribution in [3.05, 3.63) is 28.5 Å². The van der Waals surface area contributed by atoms with E-state index in [1.54, 1.807) is 12.3 Å². The summed E-state index contributed by atoms with van der Waals surface area (Å²) in [4.78, 5) is 4.14. The highest BCUT2D eigenvalue weighted by molar-refractivity contribution is 9.10. The van der Waals surface area contributed by atoms with Crippen LogP contribution in [0.25, 0.3) is 0 Å². The highest BCUT2D eigenvalue weighted by Gasteiger charge is 2.33. The Kier molecular flexibility index (Phi) is 4.00. The van der Waals surface area contributed by atoms with Gasteiger partial charge in [0.1, 0.15) is 5.69 Å². The lowest BCUT2D eigenvalue weighted by Crippen LogP contribution is -2.33. The predicted octanol–water partition coefficient (Wildman–Crippen LogP) is 1.89. The minimum Gasteiger partial charge on any atom is -0.326 e. The van der Waals surface area contributed by atoms with Gasteiger partial charge in [-0.2, -0.15) is 0 Å². The summed E-state index contributed by atoms with van der Waals surface area (Å²) in [5.41, 5.74) is 0.563. The molecular weight excluding hydrogens is 250 g/mol. The van der Waals surface area contributed by atoms with Crippen molar-refractivity contribution < 1.29 is 14.2 Å². The summed E-state index contributed by atoms with van der Waals surface area (Å²) in [6, 6.07) is 3.61. The maximum Gasteiger partial charge on any atom is 0.329 e. The van der Waals surface area contributed by atoms with Gasteiger partial charge in [-0.1, -0.05) is 0 Å². The summed E-state index contributed by atoms with van der Waals surface area (Å²) in [5.74, 6) is -1.22. The lowest BCUT2D eigenvalue weighted by atomic mass is 10.3. The predicted molar refractivity (Wildman–Crippen MR) is 54.6 cm³/mol. The van der Waals surface area contributed by atoms with Gasteiger partial charge in [-0.15, -0.1) is 0 Å². The molecule has 0 aliphatic heterocycles. The molecule has 1 aromatic rings. The molecule has 0 unspecified atom stereocenters. The SMILES string of the molecule is COC(OC)(OC)c1ccc(Br)cn1. The molecule has 1 aromatic heterocycles. The third-order valence-corrected chi connectivity index (χ3v) is 2.32. The monoisotopic (exact) mass is 261 g/mol. The van der Waals surface area contributed by atoms with Gasteiger partial charge in [0.05, 0.1) is 0 Å². The van der Waals surface area contributed by atoms with E-state index >= 15 is 0 Å². The molecule has 0 fully saturated rings. The van der Waals surface area contributed by atoms with Gasteiger partial charge in [0.15, 0.2) is 0 Å². The molecule has 0 saturated heterocycles. The van der Waals surface area contributed by atoms with Crippen LogP contribution in [0.2, 0.25) is 0 Å². The molecule has 14 heavy (non-hydrogen) atoms. The first kappa shape index (κ1) is 11.6. The van der Waals surface area contributed by atoms with Crippen LogP contribution in [0.5, 0.6) is 0 Å². The fraction of sp³-hybridized carbons (Fsp3) is 0.444. The van der Waals surface area contributed by atoms with Crippen LogP contribution in [-0.4, -0.2) is 26.3 Å². The van der Waals surface area contributed by atoms with E-state index < -0.39 is 5.97 Å². The average molecular weight is 262 g/mol. The standard InChI is InChI=1S/C9H12BrNO3/c1-12-9(13-2,14-3)8-5-4-7(10)6-11-8/h4-6H,1-3H3. The van der Waals surface area contributed by atoms with Crippen molar-refractivity contribution in [1.29, 1.82) is 0 Å². The number of ether oxygens (including phenoxy) is 3. The van der Waals surface area contributed by atoms with Crippen molar-refractivity contribution in [2.24, 2.45) is 0 Å². The topological polar surface area (TPSA) is 40.6 Å². The third-order valence-electron chi connectivity index (χ3n) is 1.85. The lowest BCUT2D eigenvalue weighted by Gasteiger charge is -2.27. The molecule has 0 N–H and O–H groups in total. The molecule has 0 spiro atoms. The van der Waals surface area contributed by atoms with Gasteiger partial charge in [-0.05, 0) is 28.1 Å². The van der Waals surface area contributed by atoms with Gasteiger partial charge < -0.3 is 14.2 Å².